The second kappa shape index (κ2) is 7.43. The molecule has 0 aliphatic carbocycles. The number of anilines is 2. The summed E-state index contributed by atoms with van der Waals surface area (Å²) in [5, 5.41) is 8.25. The Morgan fingerprint density at radius 2 is 1.70 bits per heavy atom. The van der Waals surface area contributed by atoms with E-state index in [9.17, 15) is 14.4 Å². The Morgan fingerprint density at radius 3 is 2.55 bits per heavy atom. The number of nitrogens with zero attached hydrogens (tertiary/aromatic N) is 1. The van der Waals surface area contributed by atoms with Crippen LogP contribution in [0.25, 0.3) is 10.8 Å². The van der Waals surface area contributed by atoms with Crippen LogP contribution in [-0.4, -0.2) is 35.8 Å². The van der Waals surface area contributed by atoms with Crippen LogP contribution in [0, 0.1) is 11.8 Å². The number of amides is 3. The van der Waals surface area contributed by atoms with Crippen molar-refractivity contribution in [1.82, 2.24) is 5.32 Å². The zero-order valence-corrected chi connectivity index (χ0v) is 18.9. The van der Waals surface area contributed by atoms with Gasteiger partial charge in [-0.05, 0) is 35.9 Å². The van der Waals surface area contributed by atoms with Gasteiger partial charge in [0.05, 0.1) is 17.5 Å². The van der Waals surface area contributed by atoms with Crippen molar-refractivity contribution >= 4 is 51.6 Å². The van der Waals surface area contributed by atoms with Gasteiger partial charge in [0.1, 0.15) is 5.54 Å². The number of carbonyl (C=O) groups excluding carboxylic acids is 3. The average Bonchev–Trinajstić information content (AvgIpc) is 3.42. The van der Waals surface area contributed by atoms with Crippen LogP contribution in [0.1, 0.15) is 12.0 Å². The normalized spacial score (nSPS) is 28.0. The van der Waals surface area contributed by atoms with Gasteiger partial charge in [-0.25, -0.2) is 4.90 Å². The third kappa shape index (κ3) is 2.69. The van der Waals surface area contributed by atoms with Crippen LogP contribution in [0.4, 0.5) is 11.4 Å². The van der Waals surface area contributed by atoms with Crippen LogP contribution in [0.2, 0.25) is 0 Å². The lowest BCUT2D eigenvalue weighted by Crippen LogP contribution is -2.53. The number of rotatable bonds is 4. The van der Waals surface area contributed by atoms with E-state index < -0.39 is 17.4 Å². The molecule has 0 saturated carbocycles. The lowest BCUT2D eigenvalue weighted by Gasteiger charge is -2.29. The van der Waals surface area contributed by atoms with E-state index >= 15 is 0 Å². The maximum Gasteiger partial charge on any atom is 0.250 e. The van der Waals surface area contributed by atoms with Crippen LogP contribution < -0.4 is 15.5 Å². The first-order valence-corrected chi connectivity index (χ1v) is 12.5. The first-order valence-electron chi connectivity index (χ1n) is 11.1. The molecule has 3 aromatic carbocycles. The number of hydrogen-bond donors (Lipinski definition) is 2. The molecular weight excluding hydrogens is 434 g/mol. The van der Waals surface area contributed by atoms with Crippen molar-refractivity contribution in [2.45, 2.75) is 18.0 Å². The highest BCUT2D eigenvalue weighted by Gasteiger charge is 2.70. The molecule has 166 valence electrons. The molecule has 0 radical (unpaired) electrons. The minimum atomic E-state index is -1.24. The van der Waals surface area contributed by atoms with Crippen molar-refractivity contribution in [3.05, 3.63) is 72.3 Å². The smallest absolute Gasteiger partial charge is 0.250 e. The van der Waals surface area contributed by atoms with E-state index in [1.54, 1.807) is 11.8 Å². The van der Waals surface area contributed by atoms with Crippen molar-refractivity contribution in [2.75, 3.05) is 22.2 Å². The monoisotopic (exact) mass is 457 g/mol. The molecule has 6 nitrogen and oxygen atoms in total. The van der Waals surface area contributed by atoms with Crippen LogP contribution >= 0.6 is 11.8 Å². The molecule has 3 aliphatic heterocycles. The molecule has 2 fully saturated rings. The summed E-state index contributed by atoms with van der Waals surface area (Å²) in [5.74, 6) is -1.36. The second-order valence-corrected chi connectivity index (χ2v) is 9.84. The van der Waals surface area contributed by atoms with Crippen LogP contribution in [0.3, 0.4) is 0 Å². The van der Waals surface area contributed by atoms with Gasteiger partial charge in [-0.3, -0.25) is 19.7 Å². The molecule has 6 rings (SSSR count). The summed E-state index contributed by atoms with van der Waals surface area (Å²) in [5.41, 5.74) is 0.791. The molecule has 3 heterocycles. The summed E-state index contributed by atoms with van der Waals surface area (Å²) >= 11 is 1.69. The van der Waals surface area contributed by atoms with Gasteiger partial charge in [-0.2, -0.15) is 11.8 Å². The minimum absolute atomic E-state index is 0.228. The Balaban J connectivity index is 1.53. The first kappa shape index (κ1) is 20.4. The molecular formula is C26H23N3O3S. The summed E-state index contributed by atoms with van der Waals surface area (Å²) < 4.78 is 0. The van der Waals surface area contributed by atoms with Crippen molar-refractivity contribution < 1.29 is 14.4 Å². The molecule has 33 heavy (non-hydrogen) atoms. The van der Waals surface area contributed by atoms with Crippen LogP contribution in [-0.2, 0) is 19.9 Å². The first-order chi connectivity index (χ1) is 16.1. The van der Waals surface area contributed by atoms with Gasteiger partial charge in [0.2, 0.25) is 17.7 Å². The maximum absolute atomic E-state index is 14.1. The highest BCUT2D eigenvalue weighted by molar-refractivity contribution is 7.98. The number of thioether (sulfide) groups is 1. The average molecular weight is 458 g/mol. The molecule has 3 amide bonds. The Kier molecular flexibility index (Phi) is 4.61. The summed E-state index contributed by atoms with van der Waals surface area (Å²) in [6.07, 6.45) is 2.71. The number of nitrogens with one attached hydrogen (secondary N) is 2. The third-order valence-electron chi connectivity index (χ3n) is 7.26. The van der Waals surface area contributed by atoms with Gasteiger partial charge < -0.3 is 5.32 Å². The fourth-order valence-electron chi connectivity index (χ4n) is 5.89. The summed E-state index contributed by atoms with van der Waals surface area (Å²) in [6.45, 7) is 0. The number of carbonyl (C=O) groups is 3. The number of benzene rings is 3. The topological polar surface area (TPSA) is 78.5 Å². The molecule has 0 bridgehead atoms. The molecule has 3 aliphatic rings. The largest absolute Gasteiger partial charge is 0.324 e. The molecule has 7 heteroatoms. The fraction of sp³-hybridized carbons (Fsp3) is 0.269. The molecule has 1 spiro atoms. The van der Waals surface area contributed by atoms with Crippen LogP contribution in [0.5, 0.6) is 0 Å². The zero-order valence-electron chi connectivity index (χ0n) is 18.1. The van der Waals surface area contributed by atoms with E-state index in [-0.39, 0.29) is 23.8 Å². The van der Waals surface area contributed by atoms with E-state index in [2.05, 4.69) is 10.6 Å². The van der Waals surface area contributed by atoms with Crippen molar-refractivity contribution in [3.8, 4) is 0 Å². The predicted octanol–water partition coefficient (Wildman–Crippen LogP) is 3.52. The second-order valence-electron chi connectivity index (χ2n) is 8.85. The number of para-hydroxylation sites is 1. The fourth-order valence-corrected chi connectivity index (χ4v) is 6.38. The lowest BCUT2D eigenvalue weighted by atomic mass is 9.76. The molecule has 0 aromatic heterocycles. The van der Waals surface area contributed by atoms with Crippen LogP contribution in [0.15, 0.2) is 66.7 Å². The molecule has 3 aromatic rings. The van der Waals surface area contributed by atoms with Gasteiger partial charge in [-0.15, -0.1) is 0 Å². The van der Waals surface area contributed by atoms with E-state index in [1.807, 2.05) is 73.0 Å². The molecule has 4 unspecified atom stereocenters. The summed E-state index contributed by atoms with van der Waals surface area (Å²) in [4.78, 5) is 42.8. The molecule has 2 N–H and O–H groups in total. The van der Waals surface area contributed by atoms with E-state index in [0.29, 0.717) is 17.8 Å². The summed E-state index contributed by atoms with van der Waals surface area (Å²) in [6, 6.07) is 20.6. The molecule has 4 atom stereocenters. The molecule has 2 saturated heterocycles. The Hall–Kier alpha value is -3.16. The van der Waals surface area contributed by atoms with E-state index in [0.717, 1.165) is 22.1 Å². The van der Waals surface area contributed by atoms with Crippen molar-refractivity contribution in [2.24, 2.45) is 11.8 Å². The highest BCUT2D eigenvalue weighted by Crippen LogP contribution is 2.54. The van der Waals surface area contributed by atoms with Crippen molar-refractivity contribution in [1.29, 1.82) is 0 Å². The Morgan fingerprint density at radius 1 is 0.939 bits per heavy atom. The zero-order chi connectivity index (χ0) is 22.7. The van der Waals surface area contributed by atoms with E-state index in [4.69, 9.17) is 0 Å². The van der Waals surface area contributed by atoms with E-state index in [1.165, 1.54) is 4.90 Å². The Bertz CT molecular complexity index is 1320. The number of hydrogen-bond acceptors (Lipinski definition) is 5. The van der Waals surface area contributed by atoms with Gasteiger partial charge >= 0.3 is 0 Å². The number of imide groups is 1. The highest BCUT2D eigenvalue weighted by atomic mass is 32.2. The predicted molar refractivity (Wildman–Crippen MR) is 130 cm³/mol. The SMILES string of the molecule is CSCCC1NC2(C(=O)Nc3ccccc32)C2C(=O)N(c3cccc4ccccc34)C(=O)C12. The summed E-state index contributed by atoms with van der Waals surface area (Å²) in [7, 11) is 0. The lowest BCUT2D eigenvalue weighted by molar-refractivity contribution is -0.130. The van der Waals surface area contributed by atoms with Gasteiger partial charge in [0, 0.05) is 22.7 Å². The maximum atomic E-state index is 14.1. The number of fused-ring (bicyclic) bond motifs is 5. The minimum Gasteiger partial charge on any atom is -0.324 e. The third-order valence-corrected chi connectivity index (χ3v) is 7.91. The quantitative estimate of drug-likeness (QED) is 0.586. The van der Waals surface area contributed by atoms with Gasteiger partial charge in [0.25, 0.3) is 0 Å². The van der Waals surface area contributed by atoms with Gasteiger partial charge in [-0.1, -0.05) is 54.6 Å². The van der Waals surface area contributed by atoms with Crippen molar-refractivity contribution in [3.63, 3.8) is 0 Å². The van der Waals surface area contributed by atoms with Gasteiger partial charge in [0.15, 0.2) is 0 Å². The standard InChI is InChI=1S/C26H23N3O3S/c1-33-14-13-19-21-22(26(28-19)17-10-4-5-11-18(17)27-25(26)32)24(31)29(23(21)30)20-12-6-8-15-7-2-3-9-16(15)20/h2-12,19,21-22,28H,13-14H2,1H3,(H,27,32). The Labute approximate surface area is 195 Å².